The zero-order valence-corrected chi connectivity index (χ0v) is 24.8. The van der Waals surface area contributed by atoms with Crippen LogP contribution < -0.4 is 16.4 Å². The third-order valence-corrected chi connectivity index (χ3v) is 11.3. The molecule has 3 aromatic heterocycles. The van der Waals surface area contributed by atoms with Gasteiger partial charge < -0.3 is 30.6 Å². The summed E-state index contributed by atoms with van der Waals surface area (Å²) >= 11 is 5.41. The van der Waals surface area contributed by atoms with Gasteiger partial charge in [0.1, 0.15) is 18.3 Å². The fourth-order valence-electron chi connectivity index (χ4n) is 6.09. The molecular formula is C29H39N3O3S3. The first-order valence-electron chi connectivity index (χ1n) is 13.8. The smallest absolute Gasteiger partial charge is 0.107 e. The Kier molecular flexibility index (Phi) is 8.38. The molecule has 0 saturated heterocycles. The number of hydrogen-bond donors (Lipinski definition) is 3. The van der Waals surface area contributed by atoms with Gasteiger partial charge in [-0.1, -0.05) is 0 Å². The van der Waals surface area contributed by atoms with Crippen LogP contribution in [-0.4, -0.2) is 51.0 Å². The Morgan fingerprint density at radius 3 is 1.92 bits per heavy atom. The van der Waals surface area contributed by atoms with Gasteiger partial charge in [-0.2, -0.15) is 0 Å². The zero-order valence-electron chi connectivity index (χ0n) is 22.4. The Morgan fingerprint density at radius 1 is 0.763 bits per heavy atom. The normalized spacial score (nSPS) is 29.2. The lowest BCUT2D eigenvalue weighted by atomic mass is 9.92. The first kappa shape index (κ1) is 27.1. The summed E-state index contributed by atoms with van der Waals surface area (Å²) < 4.78 is 18.9. The van der Waals surface area contributed by atoms with Crippen LogP contribution in [0.3, 0.4) is 0 Å². The number of fused-ring (bicyclic) bond motifs is 3. The maximum atomic E-state index is 6.53. The quantitative estimate of drug-likeness (QED) is 0.314. The summed E-state index contributed by atoms with van der Waals surface area (Å²) in [7, 11) is 0. The minimum Gasteiger partial charge on any atom is -0.371 e. The second-order valence-corrected chi connectivity index (χ2v) is 13.8. The zero-order chi connectivity index (χ0) is 26.2. The Hall–Kier alpha value is -1.14. The van der Waals surface area contributed by atoms with E-state index in [0.717, 1.165) is 32.7 Å². The highest BCUT2D eigenvalue weighted by Crippen LogP contribution is 2.41. The van der Waals surface area contributed by atoms with Gasteiger partial charge in [0, 0.05) is 57.7 Å². The molecule has 3 aliphatic rings. The highest BCUT2D eigenvalue weighted by atomic mass is 32.1. The molecule has 0 spiro atoms. The van der Waals surface area contributed by atoms with Gasteiger partial charge in [0.15, 0.2) is 0 Å². The molecule has 38 heavy (non-hydrogen) atoms. The number of hydrogen-bond acceptors (Lipinski definition) is 9. The number of thiophene rings is 3. The van der Waals surface area contributed by atoms with Gasteiger partial charge in [0.05, 0.1) is 19.8 Å². The van der Waals surface area contributed by atoms with Gasteiger partial charge in [0.25, 0.3) is 0 Å². The van der Waals surface area contributed by atoms with Crippen molar-refractivity contribution in [3.8, 4) is 0 Å². The average molecular weight is 574 g/mol. The molecule has 8 atom stereocenters. The van der Waals surface area contributed by atoms with Gasteiger partial charge >= 0.3 is 0 Å². The van der Waals surface area contributed by atoms with Crippen LogP contribution in [0.25, 0.3) is 0 Å². The van der Waals surface area contributed by atoms with Crippen molar-refractivity contribution in [2.75, 3.05) is 32.9 Å². The van der Waals surface area contributed by atoms with E-state index >= 15 is 0 Å². The van der Waals surface area contributed by atoms with Crippen LogP contribution >= 0.6 is 34.0 Å². The van der Waals surface area contributed by atoms with Crippen LogP contribution in [0.15, 0.2) is 34.3 Å². The first-order valence-corrected chi connectivity index (χ1v) is 16.4. The van der Waals surface area contributed by atoms with E-state index in [2.05, 4.69) is 58.8 Å². The summed E-state index contributed by atoms with van der Waals surface area (Å²) in [5.41, 5.74) is 10.5. The van der Waals surface area contributed by atoms with Crippen molar-refractivity contribution in [2.45, 2.75) is 75.5 Å². The fourth-order valence-corrected chi connectivity index (χ4v) is 9.48. The molecule has 206 valence electrons. The summed E-state index contributed by atoms with van der Waals surface area (Å²) in [6.45, 7) is 10.5. The molecule has 9 heteroatoms. The summed E-state index contributed by atoms with van der Waals surface area (Å²) in [4.78, 5) is 4.04. The second kappa shape index (κ2) is 11.8. The summed E-state index contributed by atoms with van der Waals surface area (Å²) in [6, 6.07) is 7.27. The van der Waals surface area contributed by atoms with Gasteiger partial charge in [-0.25, -0.2) is 0 Å². The average Bonchev–Trinajstić information content (AvgIpc) is 3.70. The predicted octanol–water partition coefficient (Wildman–Crippen LogP) is 5.50. The molecule has 4 N–H and O–H groups in total. The maximum absolute atomic E-state index is 6.53. The largest absolute Gasteiger partial charge is 0.371 e. The molecule has 0 saturated carbocycles. The van der Waals surface area contributed by atoms with E-state index < -0.39 is 0 Å². The number of nitrogens with one attached hydrogen (secondary N) is 2. The van der Waals surface area contributed by atoms with Gasteiger partial charge in [0.2, 0.25) is 0 Å². The minimum absolute atomic E-state index is 0.00176. The molecule has 0 fully saturated rings. The van der Waals surface area contributed by atoms with Crippen molar-refractivity contribution in [2.24, 2.45) is 5.73 Å². The van der Waals surface area contributed by atoms with E-state index in [4.69, 9.17) is 19.9 Å². The molecule has 0 bridgehead atoms. The Labute approximate surface area is 237 Å². The Balaban J connectivity index is 1.06. The molecule has 3 aromatic rings. The Bertz CT molecular complexity index is 1210. The van der Waals surface area contributed by atoms with Gasteiger partial charge in [-0.15, -0.1) is 34.0 Å². The number of rotatable bonds is 9. The van der Waals surface area contributed by atoms with Crippen LogP contribution in [0.4, 0.5) is 0 Å². The predicted molar refractivity (Wildman–Crippen MR) is 157 cm³/mol. The molecule has 6 rings (SSSR count). The molecule has 0 radical (unpaired) electrons. The van der Waals surface area contributed by atoms with Crippen molar-refractivity contribution in [1.82, 2.24) is 10.6 Å². The van der Waals surface area contributed by atoms with Crippen molar-refractivity contribution >= 4 is 34.0 Å². The minimum atomic E-state index is 0.00176. The first-order chi connectivity index (χ1) is 18.5. The van der Waals surface area contributed by atoms with Gasteiger partial charge in [-0.3, -0.25) is 0 Å². The van der Waals surface area contributed by atoms with Crippen LogP contribution in [0.1, 0.15) is 82.2 Å². The third kappa shape index (κ3) is 5.30. The molecule has 6 heterocycles. The van der Waals surface area contributed by atoms with E-state index in [0.29, 0.717) is 18.4 Å². The lowest BCUT2D eigenvalue weighted by molar-refractivity contribution is -0.000580. The van der Waals surface area contributed by atoms with Crippen molar-refractivity contribution in [1.29, 1.82) is 0 Å². The van der Waals surface area contributed by atoms with Gasteiger partial charge in [-0.05, 0) is 78.2 Å². The summed E-state index contributed by atoms with van der Waals surface area (Å²) in [5.74, 6) is 0.688. The molecule has 2 unspecified atom stereocenters. The SMILES string of the molecule is C[C@H](NCC1CO[C@@H]([C@@H](C)N)c2sccc21)[C@H]1OCC(CN[C@H](C)[C@@H]2OCCc3ccsc32)c2ccsc21. The van der Waals surface area contributed by atoms with Crippen molar-refractivity contribution in [3.63, 3.8) is 0 Å². The van der Waals surface area contributed by atoms with E-state index in [-0.39, 0.29) is 36.4 Å². The van der Waals surface area contributed by atoms with E-state index in [1.807, 2.05) is 29.6 Å². The summed E-state index contributed by atoms with van der Waals surface area (Å²) in [5, 5.41) is 14.2. The van der Waals surface area contributed by atoms with Crippen LogP contribution in [0, 0.1) is 0 Å². The number of nitrogens with two attached hydrogens (primary N) is 1. The monoisotopic (exact) mass is 573 g/mol. The highest BCUT2D eigenvalue weighted by molar-refractivity contribution is 7.10. The standard InChI is InChI=1S/C29H39N3O3S3/c1-16(30)24-28-22(6-10-37-28)20(14-34-24)12-32-18(3)26-29-23(7-11-38-29)21(15-35-26)13-31-17(2)25-27-19(4-8-33-25)5-9-36-27/h5-7,9-11,16-18,20-21,24-26,31-32H,4,8,12-15,30H2,1-3H3/t16-,17-,18+,20?,21?,24+,25+,26-/m1/s1. The molecule has 0 amide bonds. The molecule has 0 aromatic carbocycles. The maximum Gasteiger partial charge on any atom is 0.107 e. The lowest BCUT2D eigenvalue weighted by Crippen LogP contribution is -2.42. The van der Waals surface area contributed by atoms with E-state index in [1.54, 1.807) is 11.3 Å². The number of ether oxygens (including phenoxy) is 3. The van der Waals surface area contributed by atoms with Crippen molar-refractivity contribution in [3.05, 3.63) is 65.7 Å². The summed E-state index contributed by atoms with van der Waals surface area (Å²) in [6.07, 6.45) is 1.25. The van der Waals surface area contributed by atoms with E-state index in [1.165, 1.54) is 31.3 Å². The second-order valence-electron chi connectivity index (χ2n) is 11.0. The third-order valence-electron chi connectivity index (χ3n) is 8.27. The van der Waals surface area contributed by atoms with Crippen molar-refractivity contribution < 1.29 is 14.2 Å². The molecule has 6 nitrogen and oxygen atoms in total. The van der Waals surface area contributed by atoms with Crippen LogP contribution in [0.5, 0.6) is 0 Å². The molecular weight excluding hydrogens is 535 g/mol. The Morgan fingerprint density at radius 2 is 1.29 bits per heavy atom. The highest BCUT2D eigenvalue weighted by Gasteiger charge is 2.35. The van der Waals surface area contributed by atoms with Crippen LogP contribution in [-0.2, 0) is 20.6 Å². The van der Waals surface area contributed by atoms with Crippen LogP contribution in [0.2, 0.25) is 0 Å². The topological polar surface area (TPSA) is 77.8 Å². The fraction of sp³-hybridized carbons (Fsp3) is 0.586. The lowest BCUT2D eigenvalue weighted by Gasteiger charge is -2.36. The van der Waals surface area contributed by atoms with E-state index in [9.17, 15) is 0 Å². The molecule has 0 aliphatic carbocycles. The molecule has 3 aliphatic heterocycles.